The molecule has 1 aliphatic heterocycles. The van der Waals surface area contributed by atoms with Crippen LogP contribution in [0.25, 0.3) is 0 Å². The second-order valence-corrected chi connectivity index (χ2v) is 26.0. The summed E-state index contributed by atoms with van der Waals surface area (Å²) in [5.41, 5.74) is 18.6. The second kappa shape index (κ2) is 23.4. The first kappa shape index (κ1) is 55.7. The quantitative estimate of drug-likeness (QED) is 0.0672. The van der Waals surface area contributed by atoms with Gasteiger partial charge in [0.15, 0.2) is 0 Å². The summed E-state index contributed by atoms with van der Waals surface area (Å²) in [4.78, 5) is 0. The van der Waals surface area contributed by atoms with Gasteiger partial charge in [0.05, 0.1) is 0 Å². The van der Waals surface area contributed by atoms with E-state index in [0.29, 0.717) is 41.8 Å². The average Bonchev–Trinajstić information content (AvgIpc) is 3.07. The van der Waals surface area contributed by atoms with Gasteiger partial charge in [0.25, 0.3) is 0 Å². The van der Waals surface area contributed by atoms with E-state index in [4.69, 9.17) is 4.74 Å². The zero-order valence-corrected chi connectivity index (χ0v) is 49.3. The summed E-state index contributed by atoms with van der Waals surface area (Å²) < 4.78 is 7.10. The third kappa shape index (κ3) is 10.9. The molecule has 428 valence electrons. The lowest BCUT2D eigenvalue weighted by Gasteiger charge is -2.35. The van der Waals surface area contributed by atoms with Gasteiger partial charge < -0.3 is 35.4 Å². The van der Waals surface area contributed by atoms with Crippen LogP contribution in [0.1, 0.15) is 270 Å². The largest absolute Gasteiger partial charge is 0.508 e. The van der Waals surface area contributed by atoms with Crippen molar-refractivity contribution in [3.8, 4) is 46.0 Å². The van der Waals surface area contributed by atoms with Gasteiger partial charge in [-0.15, -0.1) is 0 Å². The van der Waals surface area contributed by atoms with E-state index in [2.05, 4.69) is 89.2 Å². The van der Waals surface area contributed by atoms with E-state index in [1.807, 2.05) is 30.3 Å². The fraction of sp³-hybridized carbons (Fsp3) is 0.440. The van der Waals surface area contributed by atoms with Crippen LogP contribution in [-0.2, 0) is 12.8 Å². The normalized spacial score (nSPS) is 18.3. The molecule has 6 N–H and O–H groups in total. The molecule has 7 nitrogen and oxygen atoms in total. The minimum Gasteiger partial charge on any atom is -0.508 e. The summed E-state index contributed by atoms with van der Waals surface area (Å²) >= 11 is 0. The molecule has 82 heavy (non-hydrogen) atoms. The monoisotopic (exact) mass is 1100 g/mol. The van der Waals surface area contributed by atoms with Crippen LogP contribution in [0.5, 0.6) is 46.0 Å². The summed E-state index contributed by atoms with van der Waals surface area (Å²) in [6.07, 6.45) is 23.2. The van der Waals surface area contributed by atoms with Gasteiger partial charge in [-0.3, -0.25) is 0 Å². The van der Waals surface area contributed by atoms with Crippen molar-refractivity contribution in [3.05, 3.63) is 197 Å². The van der Waals surface area contributed by atoms with Crippen molar-refractivity contribution in [2.24, 2.45) is 0 Å². The summed E-state index contributed by atoms with van der Waals surface area (Å²) in [7, 11) is 0. The van der Waals surface area contributed by atoms with Crippen LogP contribution in [-0.4, -0.2) is 30.6 Å². The van der Waals surface area contributed by atoms with Crippen LogP contribution in [0.2, 0.25) is 0 Å². The number of aryl methyl sites for hydroxylation is 5. The zero-order chi connectivity index (χ0) is 56.9. The minimum absolute atomic E-state index is 0.184. The van der Waals surface area contributed by atoms with E-state index >= 15 is 0 Å². The van der Waals surface area contributed by atoms with Gasteiger partial charge in [0, 0.05) is 46.9 Å². The molecular formula is C75H86O7. The van der Waals surface area contributed by atoms with Crippen molar-refractivity contribution in [2.45, 2.75) is 211 Å². The van der Waals surface area contributed by atoms with Crippen LogP contribution < -0.4 is 4.74 Å². The molecule has 0 aromatic heterocycles. The Morgan fingerprint density at radius 2 is 0.829 bits per heavy atom. The first-order valence-electron chi connectivity index (χ1n) is 31.5. The summed E-state index contributed by atoms with van der Waals surface area (Å²) in [5.74, 6) is 3.79. The van der Waals surface area contributed by atoms with Gasteiger partial charge in [-0.25, -0.2) is 0 Å². The van der Waals surface area contributed by atoms with Crippen molar-refractivity contribution in [1.29, 1.82) is 0 Å². The molecule has 7 aromatic rings. The van der Waals surface area contributed by atoms with E-state index in [0.717, 1.165) is 220 Å². The average molecular weight is 1100 g/mol. The highest BCUT2D eigenvalue weighted by molar-refractivity contribution is 5.68. The molecular weight excluding hydrogens is 1010 g/mol. The Bertz CT molecular complexity index is 3310. The molecule has 0 radical (unpaired) electrons. The molecule has 4 saturated carbocycles. The third-order valence-corrected chi connectivity index (χ3v) is 20.4. The first-order chi connectivity index (χ1) is 39.7. The van der Waals surface area contributed by atoms with Gasteiger partial charge in [0.2, 0.25) is 0 Å². The highest BCUT2D eigenvalue weighted by atomic mass is 16.5. The Labute approximate surface area is 487 Å². The summed E-state index contributed by atoms with van der Waals surface area (Å²) in [5, 5.41) is 71.3. The number of rotatable bonds is 12. The Kier molecular flexibility index (Phi) is 15.9. The predicted molar refractivity (Wildman–Crippen MR) is 330 cm³/mol. The number of phenolic OH excluding ortho intramolecular Hbond substituents is 6. The van der Waals surface area contributed by atoms with Gasteiger partial charge in [0.1, 0.15) is 46.0 Å². The Morgan fingerprint density at radius 3 is 1.35 bits per heavy atom. The number of fused-ring (bicyclic) bond motifs is 2. The van der Waals surface area contributed by atoms with Crippen molar-refractivity contribution in [1.82, 2.24) is 0 Å². The van der Waals surface area contributed by atoms with Crippen LogP contribution >= 0.6 is 0 Å². The lowest BCUT2D eigenvalue weighted by Crippen LogP contribution is -2.18. The smallest absolute Gasteiger partial charge is 0.139 e. The van der Waals surface area contributed by atoms with E-state index in [9.17, 15) is 30.6 Å². The third-order valence-electron chi connectivity index (χ3n) is 20.4. The van der Waals surface area contributed by atoms with Crippen molar-refractivity contribution < 1.29 is 35.4 Å². The molecule has 0 spiro atoms. The lowest BCUT2D eigenvalue weighted by molar-refractivity contribution is 0.384. The fourth-order valence-corrected chi connectivity index (χ4v) is 16.1. The van der Waals surface area contributed by atoms with Crippen molar-refractivity contribution in [2.75, 3.05) is 0 Å². The molecule has 7 heteroatoms. The Hall–Kier alpha value is -6.86. The maximum atomic E-state index is 12.5. The number of ether oxygens (including phenoxy) is 1. The van der Waals surface area contributed by atoms with Gasteiger partial charge in [-0.1, -0.05) is 137 Å². The lowest BCUT2D eigenvalue weighted by atomic mass is 9.73. The number of hydrogen-bond donors (Lipinski definition) is 6. The highest BCUT2D eigenvalue weighted by Crippen LogP contribution is 2.57. The molecule has 0 amide bonds. The van der Waals surface area contributed by atoms with E-state index in [-0.39, 0.29) is 35.2 Å². The molecule has 12 rings (SSSR count). The van der Waals surface area contributed by atoms with E-state index in [1.54, 1.807) is 6.07 Å². The number of hydrogen-bond acceptors (Lipinski definition) is 7. The molecule has 5 aliphatic rings. The van der Waals surface area contributed by atoms with Crippen LogP contribution in [0, 0.1) is 34.6 Å². The van der Waals surface area contributed by atoms with Gasteiger partial charge in [-0.2, -0.15) is 0 Å². The minimum atomic E-state index is -0.395. The van der Waals surface area contributed by atoms with Gasteiger partial charge >= 0.3 is 0 Å². The number of aromatic hydroxyl groups is 6. The molecule has 1 atom stereocenters. The SMILES string of the molecule is Cc1cc(Cc2ccc(O)c(C(c3cc(C4CCCCC4)c(O)cc3C)c3cc(C4CCCCC4)c(O)cc3C)c2)c(O)c(Cc2ccc3c(c2)C(c2cc(C4CCCCC4)c(O)cc2C)c2c(C)cc(O)c(C4CCCCC4)c2O3)c1. The Morgan fingerprint density at radius 1 is 0.378 bits per heavy atom. The van der Waals surface area contributed by atoms with Crippen LogP contribution in [0.3, 0.4) is 0 Å². The zero-order valence-electron chi connectivity index (χ0n) is 49.3. The topological polar surface area (TPSA) is 131 Å². The predicted octanol–water partition coefficient (Wildman–Crippen LogP) is 19.3. The highest BCUT2D eigenvalue weighted by Gasteiger charge is 2.38. The number of benzene rings is 7. The number of phenols is 6. The van der Waals surface area contributed by atoms with E-state index < -0.39 is 5.92 Å². The Balaban J connectivity index is 0.923. The summed E-state index contributed by atoms with van der Waals surface area (Å²) in [6, 6.07) is 31.1. The maximum Gasteiger partial charge on any atom is 0.139 e. The fourth-order valence-electron chi connectivity index (χ4n) is 16.1. The van der Waals surface area contributed by atoms with Crippen LogP contribution in [0.4, 0.5) is 0 Å². The van der Waals surface area contributed by atoms with Crippen LogP contribution in [0.15, 0.2) is 91.0 Å². The standard InChI is InChI=1S/C75H86O7/c1-43-30-54(36-48-26-28-64(76)62(38-48)72(56-40-59(65(77)32-44(56)2)50-18-10-6-11-19-50)57-41-60(66(78)33-45(57)3)51-20-12-7-13-21-51)74(81)55(31-43)37-49-27-29-69-63(39-49)73(58-42-61(67(79)34-46(58)4)52-22-14-8-15-23-52)70-47(5)35-68(80)71(75(70)82-69)53-24-16-9-17-25-53/h26-35,38-42,50-53,72-73,76-81H,6-25,36-37H2,1-5H3. The molecule has 1 heterocycles. The molecule has 4 fully saturated rings. The molecule has 0 bridgehead atoms. The molecule has 0 saturated heterocycles. The van der Waals surface area contributed by atoms with Crippen molar-refractivity contribution in [3.63, 3.8) is 0 Å². The maximum absolute atomic E-state index is 12.5. The van der Waals surface area contributed by atoms with E-state index in [1.165, 1.54) is 25.7 Å². The molecule has 4 aliphatic carbocycles. The molecule has 1 unspecified atom stereocenters. The van der Waals surface area contributed by atoms with Gasteiger partial charge in [-0.05, 0) is 224 Å². The first-order valence-corrected chi connectivity index (χ1v) is 31.5. The van der Waals surface area contributed by atoms with Crippen molar-refractivity contribution >= 4 is 0 Å². The molecule has 7 aromatic carbocycles. The summed E-state index contributed by atoms with van der Waals surface area (Å²) in [6.45, 7) is 10.4. The second-order valence-electron chi connectivity index (χ2n) is 26.0.